The number of aliphatic hydroxyl groups excluding tert-OH is 1. The van der Waals surface area contributed by atoms with Crippen LogP contribution in [-0.4, -0.2) is 96.7 Å². The fraction of sp³-hybridized carbons (Fsp3) is 0.947. The second-order valence-electron chi connectivity index (χ2n) is 28.5. The number of carbonyl (C=O) groups is 4. The van der Waals surface area contributed by atoms with Crippen LogP contribution in [0, 0.1) is 23.7 Å². The van der Waals surface area contributed by atoms with E-state index in [0.29, 0.717) is 31.6 Å². The van der Waals surface area contributed by atoms with Crippen molar-refractivity contribution in [3.8, 4) is 0 Å². The van der Waals surface area contributed by atoms with Gasteiger partial charge in [-0.15, -0.1) is 0 Å². The molecule has 0 rings (SSSR count). The molecule has 0 aliphatic carbocycles. The van der Waals surface area contributed by atoms with Crippen molar-refractivity contribution in [3.63, 3.8) is 0 Å². The van der Waals surface area contributed by atoms with Crippen LogP contribution in [0.5, 0.6) is 0 Å². The van der Waals surface area contributed by atoms with E-state index in [1.165, 1.54) is 167 Å². The third kappa shape index (κ3) is 66.0. The third-order valence-electron chi connectivity index (χ3n) is 18.0. The van der Waals surface area contributed by atoms with Crippen LogP contribution in [-0.2, 0) is 65.4 Å². The molecule has 17 nitrogen and oxygen atoms in total. The highest BCUT2D eigenvalue weighted by Gasteiger charge is 2.30. The van der Waals surface area contributed by atoms with Crippen LogP contribution in [0.3, 0.4) is 0 Å². The Morgan fingerprint density at radius 3 is 0.755 bits per heavy atom. The Labute approximate surface area is 575 Å². The van der Waals surface area contributed by atoms with Gasteiger partial charge in [0.2, 0.25) is 0 Å². The molecule has 0 radical (unpaired) electrons. The van der Waals surface area contributed by atoms with Crippen molar-refractivity contribution in [1.82, 2.24) is 0 Å². The van der Waals surface area contributed by atoms with Gasteiger partial charge >= 0.3 is 39.5 Å². The second-order valence-corrected chi connectivity index (χ2v) is 31.4. The molecule has 3 N–H and O–H groups in total. The molecule has 558 valence electrons. The van der Waals surface area contributed by atoms with E-state index in [4.69, 9.17) is 37.0 Å². The maximum atomic E-state index is 13.1. The van der Waals surface area contributed by atoms with E-state index in [-0.39, 0.29) is 25.7 Å². The van der Waals surface area contributed by atoms with E-state index in [9.17, 15) is 43.2 Å². The highest BCUT2D eigenvalue weighted by molar-refractivity contribution is 7.47. The van der Waals surface area contributed by atoms with Crippen LogP contribution in [0.15, 0.2) is 0 Å². The summed E-state index contributed by atoms with van der Waals surface area (Å²) in [6, 6.07) is 0. The summed E-state index contributed by atoms with van der Waals surface area (Å²) >= 11 is 0. The number of carbonyl (C=O) groups excluding carboxylic acids is 4. The first-order valence-electron chi connectivity index (χ1n) is 38.8. The van der Waals surface area contributed by atoms with E-state index in [2.05, 4.69) is 55.4 Å². The minimum Gasteiger partial charge on any atom is -0.462 e. The van der Waals surface area contributed by atoms with Gasteiger partial charge in [0.1, 0.15) is 19.3 Å². The molecule has 19 heteroatoms. The molecule has 0 fully saturated rings. The number of unbranched alkanes of at least 4 members (excludes halogenated alkanes) is 36. The highest BCUT2D eigenvalue weighted by Crippen LogP contribution is 2.45. The van der Waals surface area contributed by atoms with Gasteiger partial charge in [-0.3, -0.25) is 37.3 Å². The number of phosphoric ester groups is 2. The van der Waals surface area contributed by atoms with Crippen molar-refractivity contribution < 1.29 is 80.2 Å². The molecule has 94 heavy (non-hydrogen) atoms. The number of esters is 4. The molecular formula is C75H146O17P2. The average Bonchev–Trinajstić information content (AvgIpc) is 1.87. The zero-order valence-corrected chi connectivity index (χ0v) is 63.4. The maximum absolute atomic E-state index is 13.1. The van der Waals surface area contributed by atoms with Gasteiger partial charge in [-0.05, 0) is 49.4 Å². The van der Waals surface area contributed by atoms with Gasteiger partial charge in [0.05, 0.1) is 26.4 Å². The lowest BCUT2D eigenvalue weighted by atomic mass is 9.99. The molecule has 0 saturated heterocycles. The van der Waals surface area contributed by atoms with Crippen LogP contribution in [0.25, 0.3) is 0 Å². The predicted molar refractivity (Wildman–Crippen MR) is 381 cm³/mol. The molecule has 0 aromatic heterocycles. The summed E-state index contributed by atoms with van der Waals surface area (Å²) < 4.78 is 68.4. The van der Waals surface area contributed by atoms with E-state index < -0.39 is 97.5 Å². The fourth-order valence-corrected chi connectivity index (χ4v) is 12.9. The lowest BCUT2D eigenvalue weighted by Crippen LogP contribution is -2.30. The molecule has 0 spiro atoms. The van der Waals surface area contributed by atoms with Crippen molar-refractivity contribution >= 4 is 39.5 Å². The molecule has 0 bridgehead atoms. The Hall–Kier alpha value is -1.94. The average molecular weight is 1380 g/mol. The largest absolute Gasteiger partial charge is 0.472 e. The van der Waals surface area contributed by atoms with Crippen molar-refractivity contribution in [2.24, 2.45) is 23.7 Å². The summed E-state index contributed by atoms with van der Waals surface area (Å²) in [6.07, 6.45) is 48.9. The smallest absolute Gasteiger partial charge is 0.462 e. The first kappa shape index (κ1) is 92.1. The number of aliphatic hydroxyl groups is 1. The Kier molecular flexibility index (Phi) is 63.1. The summed E-state index contributed by atoms with van der Waals surface area (Å²) in [5.74, 6) is 0.906. The molecule has 0 saturated carbocycles. The van der Waals surface area contributed by atoms with Crippen LogP contribution in [0.1, 0.15) is 376 Å². The van der Waals surface area contributed by atoms with Crippen LogP contribution in [0.4, 0.5) is 0 Å². The summed E-state index contributed by atoms with van der Waals surface area (Å²) in [7, 11) is -9.91. The Morgan fingerprint density at radius 1 is 0.298 bits per heavy atom. The normalized spacial score (nSPS) is 14.7. The standard InChI is InChI=1S/C75H146O17P2/c1-9-67(7)53-45-37-28-24-19-17-15-13-11-12-14-16-18-20-25-29-41-49-57-74(79)92-71(62-86-73(78)56-48-40-34-32-38-46-54-68(8)10-2)64-90-94(83,84)88-60-69(76)59-87-93(81,82)89-63-70(61-85-72(77)55-47-39-33-31-36-44-52-66(5)6)91-75(80)58-50-42-30-26-22-21-23-27-35-43-51-65(3)4/h65-71,76H,9-64H2,1-8H3,(H,81,82)(H,83,84)/t67?,68?,69-,70+,71+/m0/s1. The summed E-state index contributed by atoms with van der Waals surface area (Å²) in [5.41, 5.74) is 0. The highest BCUT2D eigenvalue weighted by atomic mass is 31.2. The van der Waals surface area contributed by atoms with Gasteiger partial charge in [-0.25, -0.2) is 9.13 Å². The van der Waals surface area contributed by atoms with Gasteiger partial charge < -0.3 is 33.8 Å². The quantitative estimate of drug-likeness (QED) is 0.0222. The SMILES string of the molecule is CCC(C)CCCCCCCCCCCCCCCCCCCCC(=O)O[C@H](COC(=O)CCCCCCCCC(C)CC)COP(=O)(O)OC[C@@H](O)COP(=O)(O)OC[C@@H](COC(=O)CCCCCCCCC(C)C)OC(=O)CCCCCCCCCCCCC(C)C. The summed E-state index contributed by atoms with van der Waals surface area (Å²) in [5, 5.41) is 10.6. The van der Waals surface area contributed by atoms with E-state index in [1.807, 2.05) is 0 Å². The van der Waals surface area contributed by atoms with Crippen molar-refractivity contribution in [2.75, 3.05) is 39.6 Å². The Bertz CT molecular complexity index is 1850. The monoisotopic (exact) mass is 1380 g/mol. The fourth-order valence-electron chi connectivity index (χ4n) is 11.3. The molecule has 4 unspecified atom stereocenters. The van der Waals surface area contributed by atoms with Crippen molar-refractivity contribution in [3.05, 3.63) is 0 Å². The first-order chi connectivity index (χ1) is 45.2. The maximum Gasteiger partial charge on any atom is 0.472 e. The van der Waals surface area contributed by atoms with Gasteiger partial charge in [0.15, 0.2) is 12.2 Å². The minimum atomic E-state index is -4.96. The molecule has 0 amide bonds. The van der Waals surface area contributed by atoms with E-state index in [1.54, 1.807) is 0 Å². The Balaban J connectivity index is 5.16. The molecule has 0 aliphatic heterocycles. The third-order valence-corrected chi connectivity index (χ3v) is 19.9. The van der Waals surface area contributed by atoms with Gasteiger partial charge in [0.25, 0.3) is 0 Å². The van der Waals surface area contributed by atoms with Crippen LogP contribution in [0.2, 0.25) is 0 Å². The zero-order chi connectivity index (χ0) is 69.6. The van der Waals surface area contributed by atoms with Crippen LogP contribution >= 0.6 is 15.6 Å². The van der Waals surface area contributed by atoms with Crippen molar-refractivity contribution in [2.45, 2.75) is 395 Å². The molecule has 0 aliphatic rings. The van der Waals surface area contributed by atoms with E-state index >= 15 is 0 Å². The predicted octanol–water partition coefficient (Wildman–Crippen LogP) is 21.7. The molecule has 0 heterocycles. The van der Waals surface area contributed by atoms with Gasteiger partial charge in [-0.1, -0.05) is 325 Å². The van der Waals surface area contributed by atoms with Gasteiger partial charge in [-0.2, -0.15) is 0 Å². The minimum absolute atomic E-state index is 0.104. The summed E-state index contributed by atoms with van der Waals surface area (Å²) in [4.78, 5) is 72.6. The molecular weight excluding hydrogens is 1230 g/mol. The topological polar surface area (TPSA) is 237 Å². The summed E-state index contributed by atoms with van der Waals surface area (Å²) in [6.45, 7) is 14.1. The van der Waals surface area contributed by atoms with Crippen LogP contribution < -0.4 is 0 Å². The Morgan fingerprint density at radius 2 is 0.511 bits per heavy atom. The van der Waals surface area contributed by atoms with Crippen molar-refractivity contribution in [1.29, 1.82) is 0 Å². The van der Waals surface area contributed by atoms with E-state index in [0.717, 1.165) is 120 Å². The molecule has 0 aromatic rings. The van der Waals surface area contributed by atoms with Gasteiger partial charge in [0, 0.05) is 25.7 Å². The second kappa shape index (κ2) is 64.4. The molecule has 0 aromatic carbocycles. The number of ether oxygens (including phenoxy) is 4. The zero-order valence-electron chi connectivity index (χ0n) is 61.6. The lowest BCUT2D eigenvalue weighted by Gasteiger charge is -2.21. The number of hydrogen-bond donors (Lipinski definition) is 3. The number of phosphoric acid groups is 2. The number of hydrogen-bond acceptors (Lipinski definition) is 15. The number of rotatable bonds is 72. The molecule has 7 atom stereocenters. The lowest BCUT2D eigenvalue weighted by molar-refractivity contribution is -0.161. The first-order valence-corrected chi connectivity index (χ1v) is 41.8.